The summed E-state index contributed by atoms with van der Waals surface area (Å²) in [5.41, 5.74) is 1.06. The Bertz CT molecular complexity index is 719. The van der Waals surface area contributed by atoms with Crippen molar-refractivity contribution in [2.75, 3.05) is 32.7 Å². The zero-order chi connectivity index (χ0) is 21.5. The van der Waals surface area contributed by atoms with Crippen LogP contribution in [-0.2, 0) is 16.1 Å². The number of carbonyl (C=O) groups excluding carboxylic acids is 2. The lowest BCUT2D eigenvalue weighted by atomic mass is 9.90. The van der Waals surface area contributed by atoms with Crippen LogP contribution in [0.5, 0.6) is 0 Å². The van der Waals surface area contributed by atoms with E-state index >= 15 is 0 Å². The van der Waals surface area contributed by atoms with Crippen molar-refractivity contribution in [2.24, 2.45) is 5.92 Å². The molecule has 1 atom stereocenters. The van der Waals surface area contributed by atoms with E-state index in [2.05, 4.69) is 9.88 Å². The summed E-state index contributed by atoms with van der Waals surface area (Å²) in [4.78, 5) is 36.3. The molecule has 0 aromatic carbocycles. The Kier molecular flexibility index (Phi) is 7.95. The third-order valence-corrected chi connectivity index (χ3v) is 7.32. The summed E-state index contributed by atoms with van der Waals surface area (Å²) in [6, 6.07) is 4.71. The third-order valence-electron chi connectivity index (χ3n) is 7.32. The van der Waals surface area contributed by atoms with E-state index in [0.29, 0.717) is 25.4 Å². The smallest absolute Gasteiger partial charge is 0.242 e. The zero-order valence-electron chi connectivity index (χ0n) is 18.9. The number of likely N-dealkylation sites (tertiary alicyclic amines) is 2. The Morgan fingerprint density at radius 3 is 2.71 bits per heavy atom. The van der Waals surface area contributed by atoms with Gasteiger partial charge in [0, 0.05) is 51.0 Å². The summed E-state index contributed by atoms with van der Waals surface area (Å²) in [7, 11) is 0. The van der Waals surface area contributed by atoms with Crippen molar-refractivity contribution in [2.45, 2.75) is 76.8 Å². The van der Waals surface area contributed by atoms with Crippen LogP contribution in [0.3, 0.4) is 0 Å². The summed E-state index contributed by atoms with van der Waals surface area (Å²) in [6.07, 6.45) is 15.3. The van der Waals surface area contributed by atoms with Crippen LogP contribution in [0, 0.1) is 5.92 Å². The molecule has 0 N–H and O–H groups in total. The van der Waals surface area contributed by atoms with Crippen LogP contribution in [0.15, 0.2) is 24.5 Å². The molecule has 0 spiro atoms. The van der Waals surface area contributed by atoms with Crippen LogP contribution < -0.4 is 0 Å². The van der Waals surface area contributed by atoms with Crippen molar-refractivity contribution in [3.05, 3.63) is 30.1 Å². The van der Waals surface area contributed by atoms with Crippen molar-refractivity contribution in [3.8, 4) is 0 Å². The Morgan fingerprint density at radius 2 is 1.94 bits per heavy atom. The molecule has 0 bridgehead atoms. The highest BCUT2D eigenvalue weighted by Crippen LogP contribution is 2.28. The van der Waals surface area contributed by atoms with Crippen LogP contribution in [0.2, 0.25) is 0 Å². The number of hydrogen-bond donors (Lipinski definition) is 0. The second-order valence-electron chi connectivity index (χ2n) is 9.70. The maximum absolute atomic E-state index is 13.3. The first kappa shape index (κ1) is 22.3. The van der Waals surface area contributed by atoms with Crippen LogP contribution in [0.4, 0.5) is 0 Å². The van der Waals surface area contributed by atoms with Gasteiger partial charge in [0.25, 0.3) is 0 Å². The molecule has 6 heteroatoms. The Labute approximate surface area is 187 Å². The lowest BCUT2D eigenvalue weighted by Gasteiger charge is -2.41. The molecule has 1 saturated carbocycles. The van der Waals surface area contributed by atoms with Gasteiger partial charge in [-0.2, -0.15) is 0 Å². The molecule has 170 valence electrons. The van der Waals surface area contributed by atoms with Gasteiger partial charge in [-0.3, -0.25) is 14.6 Å². The number of hydrogen-bond acceptors (Lipinski definition) is 4. The molecule has 3 aliphatic rings. The molecule has 3 heterocycles. The van der Waals surface area contributed by atoms with Crippen LogP contribution in [-0.4, -0.2) is 70.3 Å². The summed E-state index contributed by atoms with van der Waals surface area (Å²) < 4.78 is 0. The van der Waals surface area contributed by atoms with E-state index < -0.39 is 0 Å². The fourth-order valence-electron chi connectivity index (χ4n) is 5.59. The third kappa shape index (κ3) is 6.28. The number of piperidine rings is 2. The molecule has 3 fully saturated rings. The van der Waals surface area contributed by atoms with E-state index in [4.69, 9.17) is 0 Å². The number of aromatic nitrogens is 1. The van der Waals surface area contributed by atoms with Crippen molar-refractivity contribution in [1.82, 2.24) is 19.7 Å². The van der Waals surface area contributed by atoms with E-state index in [1.54, 1.807) is 11.1 Å². The van der Waals surface area contributed by atoms with E-state index in [1.165, 1.54) is 51.5 Å². The largest absolute Gasteiger partial charge is 0.336 e. The summed E-state index contributed by atoms with van der Waals surface area (Å²) in [5, 5.41) is 0. The normalized spacial score (nSPS) is 23.7. The van der Waals surface area contributed by atoms with Gasteiger partial charge >= 0.3 is 0 Å². The van der Waals surface area contributed by atoms with E-state index in [1.807, 2.05) is 23.2 Å². The molecule has 6 nitrogen and oxygen atoms in total. The lowest BCUT2D eigenvalue weighted by Crippen LogP contribution is -2.49. The molecule has 1 aromatic heterocycles. The minimum Gasteiger partial charge on any atom is -0.336 e. The fourth-order valence-corrected chi connectivity index (χ4v) is 5.59. The van der Waals surface area contributed by atoms with Gasteiger partial charge in [0.2, 0.25) is 11.8 Å². The van der Waals surface area contributed by atoms with Crippen LogP contribution >= 0.6 is 0 Å². The molecule has 2 aliphatic heterocycles. The molecule has 1 aromatic rings. The molecular weight excluding hydrogens is 388 g/mol. The quantitative estimate of drug-likeness (QED) is 0.670. The Morgan fingerprint density at radius 1 is 1.06 bits per heavy atom. The van der Waals surface area contributed by atoms with Crippen molar-refractivity contribution in [1.29, 1.82) is 0 Å². The van der Waals surface area contributed by atoms with Crippen LogP contribution in [0.25, 0.3) is 0 Å². The predicted octanol–water partition coefficient (Wildman–Crippen LogP) is 3.47. The monoisotopic (exact) mass is 426 g/mol. The van der Waals surface area contributed by atoms with Gasteiger partial charge in [0.1, 0.15) is 0 Å². The first-order chi connectivity index (χ1) is 15.2. The second-order valence-corrected chi connectivity index (χ2v) is 9.70. The zero-order valence-corrected chi connectivity index (χ0v) is 18.9. The van der Waals surface area contributed by atoms with Gasteiger partial charge < -0.3 is 14.7 Å². The number of pyridine rings is 1. The summed E-state index contributed by atoms with van der Waals surface area (Å²) in [5.74, 6) is 0.712. The summed E-state index contributed by atoms with van der Waals surface area (Å²) in [6.45, 7) is 4.60. The fraction of sp³-hybridized carbons (Fsp3) is 0.720. The average molecular weight is 427 g/mol. The highest BCUT2D eigenvalue weighted by molar-refractivity contribution is 5.85. The predicted molar refractivity (Wildman–Crippen MR) is 121 cm³/mol. The van der Waals surface area contributed by atoms with Gasteiger partial charge in [-0.25, -0.2) is 0 Å². The molecule has 4 rings (SSSR count). The van der Waals surface area contributed by atoms with Gasteiger partial charge in [-0.1, -0.05) is 25.3 Å². The molecular formula is C25H38N4O2. The Balaban J connectivity index is 1.40. The van der Waals surface area contributed by atoms with Gasteiger partial charge in [-0.15, -0.1) is 0 Å². The average Bonchev–Trinajstić information content (AvgIpc) is 2.81. The number of amides is 2. The van der Waals surface area contributed by atoms with Gasteiger partial charge in [0.05, 0.1) is 6.54 Å². The minimum atomic E-state index is 0.0777. The van der Waals surface area contributed by atoms with Crippen molar-refractivity contribution in [3.63, 3.8) is 0 Å². The molecule has 1 aliphatic carbocycles. The molecule has 2 saturated heterocycles. The molecule has 31 heavy (non-hydrogen) atoms. The van der Waals surface area contributed by atoms with E-state index in [-0.39, 0.29) is 18.4 Å². The first-order valence-electron chi connectivity index (χ1n) is 12.4. The lowest BCUT2D eigenvalue weighted by molar-refractivity contribution is -0.142. The van der Waals surface area contributed by atoms with E-state index in [0.717, 1.165) is 37.5 Å². The Hall–Kier alpha value is -1.95. The van der Waals surface area contributed by atoms with Crippen molar-refractivity contribution < 1.29 is 9.59 Å². The maximum atomic E-state index is 13.3. The van der Waals surface area contributed by atoms with E-state index in [9.17, 15) is 9.59 Å². The minimum absolute atomic E-state index is 0.0777. The van der Waals surface area contributed by atoms with Gasteiger partial charge in [0.15, 0.2) is 0 Å². The number of nitrogens with zero attached hydrogens (tertiary/aromatic N) is 4. The molecule has 0 unspecified atom stereocenters. The maximum Gasteiger partial charge on any atom is 0.242 e. The SMILES string of the molecule is O=C1CCCCN1CC(=O)N(Cc1cccnc1)C[C@@H]1CCCN(C2CCCCC2)C1. The standard InChI is InChI=1S/C25H38N4O2/c30-24-12-4-5-14-28(24)20-25(31)29(17-21-8-6-13-26-16-21)19-22-9-7-15-27(18-22)23-10-2-1-3-11-23/h6,8,13,16,22-23H,1-5,7,9-12,14-15,17-20H2/t22-/m1/s1. The number of carbonyl (C=O) groups is 2. The van der Waals surface area contributed by atoms with Crippen LogP contribution in [0.1, 0.15) is 69.8 Å². The number of rotatable bonds is 7. The molecule has 2 amide bonds. The summed E-state index contributed by atoms with van der Waals surface area (Å²) >= 11 is 0. The van der Waals surface area contributed by atoms with Gasteiger partial charge in [-0.05, 0) is 62.6 Å². The second kappa shape index (κ2) is 11.1. The first-order valence-corrected chi connectivity index (χ1v) is 12.4. The van der Waals surface area contributed by atoms with Crippen molar-refractivity contribution >= 4 is 11.8 Å². The highest BCUT2D eigenvalue weighted by Gasteiger charge is 2.30. The topological polar surface area (TPSA) is 56.8 Å². The highest BCUT2D eigenvalue weighted by atomic mass is 16.2. The molecule has 0 radical (unpaired) electrons.